The number of oxazole rings is 1. The van der Waals surface area contributed by atoms with Gasteiger partial charge in [0.05, 0.1) is 12.3 Å². The van der Waals surface area contributed by atoms with Crippen LogP contribution in [0.5, 0.6) is 0 Å². The van der Waals surface area contributed by atoms with Crippen LogP contribution in [0.3, 0.4) is 0 Å². The third-order valence-corrected chi connectivity index (χ3v) is 3.22. The van der Waals surface area contributed by atoms with Crippen molar-refractivity contribution in [2.24, 2.45) is 0 Å². The highest BCUT2D eigenvalue weighted by molar-refractivity contribution is 7.79. The lowest BCUT2D eigenvalue weighted by molar-refractivity contribution is 0.342. The predicted molar refractivity (Wildman–Crippen MR) is 75.0 cm³/mol. The molecule has 1 aromatic heterocycles. The minimum absolute atomic E-state index is 0.468. The lowest BCUT2D eigenvalue weighted by atomic mass is 10.2. The summed E-state index contributed by atoms with van der Waals surface area (Å²) in [5.74, 6) is 1.48. The van der Waals surface area contributed by atoms with Crippen LogP contribution in [0.1, 0.15) is 17.9 Å². The van der Waals surface area contributed by atoms with Gasteiger partial charge in [-0.3, -0.25) is 4.18 Å². The molecule has 0 spiro atoms. The smallest absolute Gasteiger partial charge is 0.226 e. The Morgan fingerprint density at radius 2 is 2.05 bits per heavy atom. The number of nitrogens with zero attached hydrogens (tertiary/aromatic N) is 1. The van der Waals surface area contributed by atoms with E-state index in [0.717, 1.165) is 29.9 Å². The summed E-state index contributed by atoms with van der Waals surface area (Å²) >= 11 is -1.20. The largest absolute Gasteiger partial charge is 0.441 e. The maximum Gasteiger partial charge on any atom is 0.226 e. The van der Waals surface area contributed by atoms with E-state index >= 15 is 0 Å². The zero-order valence-corrected chi connectivity index (χ0v) is 11.9. The molecule has 0 saturated carbocycles. The second-order valence-electron chi connectivity index (χ2n) is 4.21. The number of hydrogen-bond donors (Lipinski definition) is 0. The molecule has 1 aromatic carbocycles. The molecule has 0 fully saturated rings. The quantitative estimate of drug-likeness (QED) is 0.763. The number of aromatic nitrogens is 1. The van der Waals surface area contributed by atoms with Crippen molar-refractivity contribution < 1.29 is 12.8 Å². The molecule has 0 aliphatic carbocycles. The molecule has 0 saturated heterocycles. The van der Waals surface area contributed by atoms with Gasteiger partial charge < -0.3 is 4.42 Å². The fourth-order valence-electron chi connectivity index (χ4n) is 1.78. The molecule has 4 nitrogen and oxygen atoms in total. The first-order valence-electron chi connectivity index (χ1n) is 6.15. The zero-order valence-electron chi connectivity index (χ0n) is 11.1. The third kappa shape index (κ3) is 4.01. The maximum atomic E-state index is 10.8. The van der Waals surface area contributed by atoms with Crippen molar-refractivity contribution in [3.8, 4) is 11.5 Å². The van der Waals surface area contributed by atoms with E-state index in [0.29, 0.717) is 12.5 Å². The Hall–Kier alpha value is -1.46. The second kappa shape index (κ2) is 6.63. The van der Waals surface area contributed by atoms with Crippen molar-refractivity contribution in [1.82, 2.24) is 4.98 Å². The minimum Gasteiger partial charge on any atom is -0.441 e. The standard InChI is InChI=1S/C14H17NO3S/c1-11-13(9-6-10-17-19(2)16)15-14(18-11)12-7-4-3-5-8-12/h3-5,7-8H,6,9-10H2,1-2H3. The molecule has 0 N–H and O–H groups in total. The highest BCUT2D eigenvalue weighted by Crippen LogP contribution is 2.22. The fourth-order valence-corrected chi connectivity index (χ4v) is 2.13. The molecule has 5 heteroatoms. The van der Waals surface area contributed by atoms with Crippen molar-refractivity contribution in [1.29, 1.82) is 0 Å². The van der Waals surface area contributed by atoms with E-state index in [1.165, 1.54) is 6.26 Å². The van der Waals surface area contributed by atoms with Crippen LogP contribution in [0.15, 0.2) is 34.7 Å². The molecule has 1 atom stereocenters. The molecular formula is C14H17NO3S. The van der Waals surface area contributed by atoms with Gasteiger partial charge >= 0.3 is 0 Å². The van der Waals surface area contributed by atoms with Gasteiger partial charge in [-0.05, 0) is 31.9 Å². The Kier molecular flexibility index (Phi) is 4.87. The Morgan fingerprint density at radius 1 is 1.32 bits per heavy atom. The first-order chi connectivity index (χ1) is 9.16. The predicted octanol–water partition coefficient (Wildman–Crippen LogP) is 2.89. The Morgan fingerprint density at radius 3 is 2.74 bits per heavy atom. The number of benzene rings is 1. The van der Waals surface area contributed by atoms with Crippen LogP contribution in [0.25, 0.3) is 11.5 Å². The number of aryl methyl sites for hydroxylation is 2. The molecule has 0 amide bonds. The average molecular weight is 279 g/mol. The summed E-state index contributed by atoms with van der Waals surface area (Å²) in [6.07, 6.45) is 3.06. The topological polar surface area (TPSA) is 52.3 Å². The van der Waals surface area contributed by atoms with Gasteiger partial charge in [-0.25, -0.2) is 9.19 Å². The summed E-state index contributed by atoms with van der Waals surface area (Å²) in [5.41, 5.74) is 1.91. The van der Waals surface area contributed by atoms with E-state index in [2.05, 4.69) is 4.98 Å². The summed E-state index contributed by atoms with van der Waals surface area (Å²) < 4.78 is 21.4. The number of rotatable bonds is 6. The van der Waals surface area contributed by atoms with E-state index < -0.39 is 11.1 Å². The number of hydrogen-bond acceptors (Lipinski definition) is 4. The lowest BCUT2D eigenvalue weighted by Crippen LogP contribution is -1.99. The SMILES string of the molecule is Cc1oc(-c2ccccc2)nc1CCCOS(C)=O. The van der Waals surface area contributed by atoms with Crippen molar-refractivity contribution in [2.45, 2.75) is 19.8 Å². The van der Waals surface area contributed by atoms with Crippen LogP contribution in [0.4, 0.5) is 0 Å². The van der Waals surface area contributed by atoms with E-state index in [4.69, 9.17) is 8.60 Å². The van der Waals surface area contributed by atoms with Gasteiger partial charge in [-0.2, -0.15) is 0 Å². The highest BCUT2D eigenvalue weighted by Gasteiger charge is 2.10. The van der Waals surface area contributed by atoms with Gasteiger partial charge in [0, 0.05) is 11.8 Å². The first kappa shape index (κ1) is 14.0. The molecular weight excluding hydrogens is 262 g/mol. The van der Waals surface area contributed by atoms with Crippen molar-refractivity contribution in [3.63, 3.8) is 0 Å². The molecule has 0 aliphatic heterocycles. The minimum atomic E-state index is -1.20. The summed E-state index contributed by atoms with van der Waals surface area (Å²) in [4.78, 5) is 4.50. The van der Waals surface area contributed by atoms with Gasteiger partial charge in [-0.1, -0.05) is 18.2 Å². The van der Waals surface area contributed by atoms with Crippen molar-refractivity contribution in [3.05, 3.63) is 41.8 Å². The normalized spacial score (nSPS) is 12.5. The molecule has 0 radical (unpaired) electrons. The third-order valence-electron chi connectivity index (χ3n) is 2.72. The van der Waals surface area contributed by atoms with Crippen LogP contribution in [-0.4, -0.2) is 22.1 Å². The van der Waals surface area contributed by atoms with Crippen LogP contribution < -0.4 is 0 Å². The van der Waals surface area contributed by atoms with Gasteiger partial charge in [0.2, 0.25) is 5.89 Å². The van der Waals surface area contributed by atoms with Gasteiger partial charge in [-0.15, -0.1) is 0 Å². The molecule has 19 heavy (non-hydrogen) atoms. The lowest BCUT2D eigenvalue weighted by Gasteiger charge is -1.98. The van der Waals surface area contributed by atoms with Crippen LogP contribution in [0.2, 0.25) is 0 Å². The Labute approximate surface area is 115 Å². The van der Waals surface area contributed by atoms with Gasteiger partial charge in [0.25, 0.3) is 0 Å². The van der Waals surface area contributed by atoms with Crippen LogP contribution >= 0.6 is 0 Å². The van der Waals surface area contributed by atoms with Crippen LogP contribution in [-0.2, 0) is 21.7 Å². The Balaban J connectivity index is 1.99. The van der Waals surface area contributed by atoms with Crippen molar-refractivity contribution in [2.75, 3.05) is 12.9 Å². The maximum absolute atomic E-state index is 10.8. The summed E-state index contributed by atoms with van der Waals surface area (Å²) in [6.45, 7) is 2.38. The second-order valence-corrected chi connectivity index (χ2v) is 5.25. The molecule has 102 valence electrons. The molecule has 0 bridgehead atoms. The average Bonchev–Trinajstić information content (AvgIpc) is 2.77. The Bertz CT molecular complexity index is 551. The first-order valence-corrected chi connectivity index (χ1v) is 7.63. The van der Waals surface area contributed by atoms with E-state index in [1.54, 1.807) is 0 Å². The highest BCUT2D eigenvalue weighted by atomic mass is 32.2. The van der Waals surface area contributed by atoms with Crippen LogP contribution in [0, 0.1) is 6.92 Å². The monoisotopic (exact) mass is 279 g/mol. The van der Waals surface area contributed by atoms with Crippen molar-refractivity contribution >= 4 is 11.1 Å². The summed E-state index contributed by atoms with van der Waals surface area (Å²) in [5, 5.41) is 0. The van der Waals surface area contributed by atoms with E-state index in [9.17, 15) is 4.21 Å². The zero-order chi connectivity index (χ0) is 13.7. The molecule has 1 heterocycles. The van der Waals surface area contributed by atoms with E-state index in [1.807, 2.05) is 37.3 Å². The van der Waals surface area contributed by atoms with E-state index in [-0.39, 0.29) is 0 Å². The molecule has 1 unspecified atom stereocenters. The summed E-state index contributed by atoms with van der Waals surface area (Å²) in [7, 11) is 0. The molecule has 2 aromatic rings. The van der Waals surface area contributed by atoms with Gasteiger partial charge in [0.15, 0.2) is 11.1 Å². The van der Waals surface area contributed by atoms with Gasteiger partial charge in [0.1, 0.15) is 5.76 Å². The fraction of sp³-hybridized carbons (Fsp3) is 0.357. The summed E-state index contributed by atoms with van der Waals surface area (Å²) in [6, 6.07) is 9.82. The molecule has 0 aliphatic rings. The molecule has 2 rings (SSSR count).